The van der Waals surface area contributed by atoms with E-state index in [4.69, 9.17) is 5.10 Å². The van der Waals surface area contributed by atoms with Gasteiger partial charge in [0.25, 0.3) is 5.91 Å². The van der Waals surface area contributed by atoms with Crippen molar-refractivity contribution in [1.29, 1.82) is 0 Å². The number of benzene rings is 3. The molecule has 0 fully saturated rings. The Morgan fingerprint density at radius 2 is 1.78 bits per heavy atom. The first-order valence-electron chi connectivity index (χ1n) is 12.2. The zero-order valence-electron chi connectivity index (χ0n) is 20.8. The summed E-state index contributed by atoms with van der Waals surface area (Å²) in [5.41, 5.74) is 5.06. The zero-order valence-corrected chi connectivity index (χ0v) is 20.8. The Bertz CT molecular complexity index is 1450. The molecule has 188 valence electrons. The Kier molecular flexibility index (Phi) is 6.72. The van der Waals surface area contributed by atoms with E-state index < -0.39 is 11.7 Å². The quantitative estimate of drug-likeness (QED) is 0.407. The molecule has 37 heavy (non-hydrogen) atoms. The first kappa shape index (κ1) is 24.2. The molecule has 1 aliphatic rings. The lowest BCUT2D eigenvalue weighted by Gasteiger charge is -2.29. The summed E-state index contributed by atoms with van der Waals surface area (Å²) in [7, 11) is 1.87. The molecule has 0 radical (unpaired) electrons. The highest BCUT2D eigenvalue weighted by atomic mass is 19.1. The number of carbonyl (C=O) groups excluding carboxylic acids is 2. The second kappa shape index (κ2) is 10.3. The number of halogens is 1. The van der Waals surface area contributed by atoms with Gasteiger partial charge in [-0.2, -0.15) is 5.10 Å². The van der Waals surface area contributed by atoms with Crippen molar-refractivity contribution in [1.82, 2.24) is 14.7 Å². The molecular formula is C29H28FN5O2. The van der Waals surface area contributed by atoms with Gasteiger partial charge in [0.15, 0.2) is 0 Å². The van der Waals surface area contributed by atoms with Gasteiger partial charge in [0.2, 0.25) is 0 Å². The van der Waals surface area contributed by atoms with Crippen LogP contribution in [0, 0.1) is 12.7 Å². The fourth-order valence-corrected chi connectivity index (χ4v) is 4.71. The third-order valence-corrected chi connectivity index (χ3v) is 6.61. The van der Waals surface area contributed by atoms with Crippen LogP contribution in [-0.2, 0) is 26.6 Å². The molecule has 1 aromatic heterocycles. The highest BCUT2D eigenvalue weighted by molar-refractivity contribution is 6.06. The second-order valence-corrected chi connectivity index (χ2v) is 9.17. The lowest BCUT2D eigenvalue weighted by atomic mass is 10.0. The van der Waals surface area contributed by atoms with Gasteiger partial charge in [-0.1, -0.05) is 42.5 Å². The van der Waals surface area contributed by atoms with E-state index >= 15 is 0 Å². The minimum absolute atomic E-state index is 0.00434. The van der Waals surface area contributed by atoms with Gasteiger partial charge in [-0.3, -0.25) is 9.48 Å². The lowest BCUT2D eigenvalue weighted by molar-refractivity contribution is 0.0980. The van der Waals surface area contributed by atoms with Gasteiger partial charge in [0, 0.05) is 42.6 Å². The number of fused-ring (bicyclic) bond motifs is 1. The third-order valence-electron chi connectivity index (χ3n) is 6.61. The van der Waals surface area contributed by atoms with Crippen molar-refractivity contribution in [2.24, 2.45) is 7.05 Å². The zero-order chi connectivity index (χ0) is 25.9. The summed E-state index contributed by atoms with van der Waals surface area (Å²) in [5.74, 6) is -1.02. The number of aromatic nitrogens is 2. The monoisotopic (exact) mass is 497 g/mol. The number of hydrogen-bond acceptors (Lipinski definition) is 3. The van der Waals surface area contributed by atoms with Gasteiger partial charge in [-0.15, -0.1) is 0 Å². The van der Waals surface area contributed by atoms with E-state index in [1.807, 2.05) is 73.3 Å². The molecule has 3 amide bonds. The highest BCUT2D eigenvalue weighted by Gasteiger charge is 2.29. The Labute approximate surface area is 215 Å². The van der Waals surface area contributed by atoms with Crippen molar-refractivity contribution in [2.45, 2.75) is 26.4 Å². The number of para-hydroxylation sites is 1. The van der Waals surface area contributed by atoms with Gasteiger partial charge in [0.05, 0.1) is 24.3 Å². The number of anilines is 2. The molecule has 0 spiro atoms. The number of rotatable bonds is 5. The van der Waals surface area contributed by atoms with Crippen molar-refractivity contribution in [3.05, 3.63) is 113 Å². The van der Waals surface area contributed by atoms with Gasteiger partial charge >= 0.3 is 6.03 Å². The predicted octanol–water partition coefficient (Wildman–Crippen LogP) is 5.30. The summed E-state index contributed by atoms with van der Waals surface area (Å²) in [6.45, 7) is 3.05. The predicted molar refractivity (Wildman–Crippen MR) is 141 cm³/mol. The van der Waals surface area contributed by atoms with Gasteiger partial charge in [0.1, 0.15) is 5.82 Å². The van der Waals surface area contributed by atoms with Crippen molar-refractivity contribution in [2.75, 3.05) is 16.8 Å². The third kappa shape index (κ3) is 5.09. The van der Waals surface area contributed by atoms with E-state index in [1.165, 1.54) is 17.0 Å². The molecule has 3 aromatic carbocycles. The Hall–Kier alpha value is -4.46. The Morgan fingerprint density at radius 1 is 1.03 bits per heavy atom. The molecule has 0 saturated carbocycles. The molecule has 7 nitrogen and oxygen atoms in total. The Balaban J connectivity index is 1.43. The molecule has 4 aromatic rings. The number of carbonyl (C=O) groups is 2. The summed E-state index contributed by atoms with van der Waals surface area (Å²) >= 11 is 0. The molecule has 0 atom stereocenters. The largest absolute Gasteiger partial charge is 0.322 e. The molecule has 0 saturated heterocycles. The van der Waals surface area contributed by atoms with E-state index in [0.29, 0.717) is 30.9 Å². The lowest BCUT2D eigenvalue weighted by Crippen LogP contribution is -2.39. The maximum absolute atomic E-state index is 14.6. The molecule has 0 unspecified atom stereocenters. The van der Waals surface area contributed by atoms with Crippen molar-refractivity contribution >= 4 is 23.3 Å². The number of nitrogens with zero attached hydrogens (tertiary/aromatic N) is 4. The van der Waals surface area contributed by atoms with Gasteiger partial charge in [-0.25, -0.2) is 9.18 Å². The molecule has 1 N–H and O–H groups in total. The van der Waals surface area contributed by atoms with Crippen LogP contribution < -0.4 is 10.2 Å². The number of amides is 3. The van der Waals surface area contributed by atoms with Crippen LogP contribution in [0.2, 0.25) is 0 Å². The van der Waals surface area contributed by atoms with Crippen LogP contribution in [0.15, 0.2) is 78.9 Å². The molecule has 5 rings (SSSR count). The maximum Gasteiger partial charge on any atom is 0.322 e. The standard InChI is InChI=1S/C29H28FN5O2/c1-20-9-8-10-21(17-20)31-29(37)34-16-15-27-24(18-34)26(32-33(27)2)19-35(22-11-4-3-5-12-22)28(36)23-13-6-7-14-25(23)30/h3-14,17H,15-16,18-19H2,1-2H3,(H,31,37). The van der Waals surface area contributed by atoms with E-state index in [1.54, 1.807) is 17.0 Å². The molecular weight excluding hydrogens is 469 g/mol. The molecule has 2 heterocycles. The SMILES string of the molecule is Cc1cccc(NC(=O)N2CCc3c(c(CN(C(=O)c4ccccc4F)c4ccccc4)nn3C)C2)c1. The smallest absolute Gasteiger partial charge is 0.320 e. The van der Waals surface area contributed by atoms with Gasteiger partial charge in [-0.05, 0) is 48.9 Å². The summed E-state index contributed by atoms with van der Waals surface area (Å²) in [6, 6.07) is 22.6. The van der Waals surface area contributed by atoms with Crippen molar-refractivity contribution in [3.8, 4) is 0 Å². The summed E-state index contributed by atoms with van der Waals surface area (Å²) in [6.07, 6.45) is 0.646. The number of aryl methyl sites for hydroxylation is 2. The van der Waals surface area contributed by atoms with Crippen molar-refractivity contribution < 1.29 is 14.0 Å². The van der Waals surface area contributed by atoms with Crippen LogP contribution in [0.3, 0.4) is 0 Å². The Morgan fingerprint density at radius 3 is 2.54 bits per heavy atom. The molecule has 1 aliphatic heterocycles. The van der Waals surface area contributed by atoms with Crippen molar-refractivity contribution in [3.63, 3.8) is 0 Å². The van der Waals surface area contributed by atoms with Crippen LogP contribution >= 0.6 is 0 Å². The summed E-state index contributed by atoms with van der Waals surface area (Å²) < 4.78 is 16.4. The molecule has 8 heteroatoms. The normalized spacial score (nSPS) is 12.7. The van der Waals surface area contributed by atoms with Gasteiger partial charge < -0.3 is 15.1 Å². The van der Waals surface area contributed by atoms with Crippen LogP contribution in [0.5, 0.6) is 0 Å². The average Bonchev–Trinajstić information content (AvgIpc) is 3.22. The van der Waals surface area contributed by atoms with Crippen LogP contribution in [0.4, 0.5) is 20.6 Å². The van der Waals surface area contributed by atoms with E-state index in [0.717, 1.165) is 22.5 Å². The number of nitrogens with one attached hydrogen (secondary N) is 1. The minimum atomic E-state index is -0.574. The molecule has 0 aliphatic carbocycles. The first-order chi connectivity index (χ1) is 17.9. The maximum atomic E-state index is 14.6. The van der Waals surface area contributed by atoms with Crippen LogP contribution in [-0.4, -0.2) is 33.2 Å². The average molecular weight is 498 g/mol. The van der Waals surface area contributed by atoms with E-state index in [9.17, 15) is 14.0 Å². The first-order valence-corrected chi connectivity index (χ1v) is 12.2. The fourth-order valence-electron chi connectivity index (χ4n) is 4.71. The van der Waals surface area contributed by atoms with Crippen LogP contribution in [0.1, 0.15) is 32.9 Å². The number of urea groups is 1. The highest BCUT2D eigenvalue weighted by Crippen LogP contribution is 2.27. The summed E-state index contributed by atoms with van der Waals surface area (Å²) in [5, 5.41) is 7.69. The topological polar surface area (TPSA) is 70.5 Å². The van der Waals surface area contributed by atoms with Crippen LogP contribution in [0.25, 0.3) is 0 Å². The second-order valence-electron chi connectivity index (χ2n) is 9.17. The number of hydrogen-bond donors (Lipinski definition) is 1. The fraction of sp³-hybridized carbons (Fsp3) is 0.207. The minimum Gasteiger partial charge on any atom is -0.320 e. The summed E-state index contributed by atoms with van der Waals surface area (Å²) in [4.78, 5) is 29.9. The molecule has 0 bridgehead atoms. The van der Waals surface area contributed by atoms with E-state index in [2.05, 4.69) is 5.32 Å². The van der Waals surface area contributed by atoms with E-state index in [-0.39, 0.29) is 18.1 Å².